The summed E-state index contributed by atoms with van der Waals surface area (Å²) in [7, 11) is 1.65. The fourth-order valence-corrected chi connectivity index (χ4v) is 4.65. The van der Waals surface area contributed by atoms with E-state index in [1.165, 1.54) is 9.08 Å². The first-order valence-corrected chi connectivity index (χ1v) is 10.3. The minimum atomic E-state index is -0.165. The summed E-state index contributed by atoms with van der Waals surface area (Å²) >= 11 is 0. The largest absolute Gasteiger partial charge is 0.378 e. The second kappa shape index (κ2) is 6.40. The minimum Gasteiger partial charge on any atom is -0.378 e. The molecule has 3 aromatic heterocycles. The summed E-state index contributed by atoms with van der Waals surface area (Å²) in [6, 6.07) is 5.88. The fraction of sp³-hybridized carbons (Fsp3) is 0.429. The summed E-state index contributed by atoms with van der Waals surface area (Å²) in [6.45, 7) is 3.30. The number of hydrogen-bond donors (Lipinski definition) is 0. The number of nitrogens with zero attached hydrogens (tertiary/aromatic N) is 6. The summed E-state index contributed by atoms with van der Waals surface area (Å²) in [5.74, 6) is 1.96. The van der Waals surface area contributed by atoms with Crippen LogP contribution in [0.5, 0.6) is 0 Å². The van der Waals surface area contributed by atoms with Gasteiger partial charge in [0, 0.05) is 50.8 Å². The molecule has 154 valence electrons. The highest BCUT2D eigenvalue weighted by Gasteiger charge is 2.46. The van der Waals surface area contributed by atoms with Gasteiger partial charge in [0.15, 0.2) is 5.65 Å². The highest BCUT2D eigenvalue weighted by Crippen LogP contribution is 2.55. The van der Waals surface area contributed by atoms with E-state index < -0.39 is 0 Å². The first kappa shape index (κ1) is 17.6. The van der Waals surface area contributed by atoms with Crippen molar-refractivity contribution in [3.05, 3.63) is 52.2 Å². The molecular formula is C21H22N6O3. The van der Waals surface area contributed by atoms with Crippen LogP contribution in [0.2, 0.25) is 0 Å². The number of ether oxygens (including phenoxy) is 1. The lowest BCUT2D eigenvalue weighted by Gasteiger charge is -2.31. The van der Waals surface area contributed by atoms with Crippen molar-refractivity contribution >= 4 is 23.1 Å². The molecule has 3 aromatic rings. The van der Waals surface area contributed by atoms with E-state index in [9.17, 15) is 9.59 Å². The van der Waals surface area contributed by atoms with Gasteiger partial charge in [-0.15, -0.1) is 0 Å². The molecule has 0 aromatic carbocycles. The molecule has 0 bridgehead atoms. The molecule has 2 unspecified atom stereocenters. The zero-order valence-corrected chi connectivity index (χ0v) is 16.7. The Kier molecular flexibility index (Phi) is 3.76. The summed E-state index contributed by atoms with van der Waals surface area (Å²) in [6.07, 6.45) is 4.57. The number of carbonyl (C=O) groups excluding carboxylic acids is 1. The number of amides is 1. The number of carbonyl (C=O) groups is 1. The van der Waals surface area contributed by atoms with Crippen LogP contribution < -0.4 is 10.6 Å². The van der Waals surface area contributed by atoms with Crippen LogP contribution in [0.25, 0.3) is 5.65 Å². The second-order valence-electron chi connectivity index (χ2n) is 8.27. The monoisotopic (exact) mass is 406 g/mol. The number of rotatable bonds is 2. The molecule has 0 radical (unpaired) electrons. The van der Waals surface area contributed by atoms with Gasteiger partial charge in [0.1, 0.15) is 5.82 Å². The molecular weight excluding hydrogens is 384 g/mol. The lowest BCUT2D eigenvalue weighted by atomic mass is 10.0. The molecule has 1 saturated heterocycles. The van der Waals surface area contributed by atoms with Crippen LogP contribution in [-0.2, 0) is 11.8 Å². The van der Waals surface area contributed by atoms with Gasteiger partial charge in [-0.05, 0) is 36.0 Å². The molecule has 1 aliphatic carbocycles. The summed E-state index contributed by atoms with van der Waals surface area (Å²) in [5, 5.41) is 4.30. The average Bonchev–Trinajstić information content (AvgIpc) is 3.52. The first-order valence-electron chi connectivity index (χ1n) is 10.3. The first-order chi connectivity index (χ1) is 14.6. The van der Waals surface area contributed by atoms with E-state index in [1.807, 2.05) is 23.1 Å². The number of aryl methyl sites for hydroxylation is 1. The number of hydrogen-bond acceptors (Lipinski definition) is 6. The maximum atomic E-state index is 12.9. The van der Waals surface area contributed by atoms with E-state index in [4.69, 9.17) is 9.72 Å². The normalized spacial score (nSPS) is 22.7. The van der Waals surface area contributed by atoms with Crippen LogP contribution in [-0.4, -0.2) is 62.8 Å². The maximum Gasteiger partial charge on any atom is 0.350 e. The summed E-state index contributed by atoms with van der Waals surface area (Å²) < 4.78 is 8.23. The highest BCUT2D eigenvalue weighted by molar-refractivity contribution is 5.94. The summed E-state index contributed by atoms with van der Waals surface area (Å²) in [5.41, 5.74) is 3.19. The Labute approximate surface area is 172 Å². The molecule has 2 fully saturated rings. The molecule has 0 spiro atoms. The zero-order valence-electron chi connectivity index (χ0n) is 16.7. The number of anilines is 2. The van der Waals surface area contributed by atoms with Gasteiger partial charge in [-0.3, -0.25) is 9.20 Å². The Morgan fingerprint density at radius 1 is 1.23 bits per heavy atom. The Morgan fingerprint density at radius 3 is 2.90 bits per heavy atom. The molecule has 5 heterocycles. The summed E-state index contributed by atoms with van der Waals surface area (Å²) in [4.78, 5) is 33.8. The van der Waals surface area contributed by atoms with E-state index in [-0.39, 0.29) is 11.6 Å². The van der Waals surface area contributed by atoms with Crippen LogP contribution in [0.1, 0.15) is 28.3 Å². The molecule has 2 atom stereocenters. The third-order valence-electron chi connectivity index (χ3n) is 6.40. The van der Waals surface area contributed by atoms with Gasteiger partial charge in [0.25, 0.3) is 5.91 Å². The predicted molar refractivity (Wildman–Crippen MR) is 109 cm³/mol. The highest BCUT2D eigenvalue weighted by atomic mass is 16.5. The molecule has 0 N–H and O–H groups in total. The van der Waals surface area contributed by atoms with Crippen LogP contribution in [0.4, 0.5) is 11.5 Å². The lowest BCUT2D eigenvalue weighted by molar-refractivity contribution is 0.0302. The van der Waals surface area contributed by atoms with Gasteiger partial charge in [0.2, 0.25) is 0 Å². The number of pyridine rings is 2. The number of aromatic nitrogens is 4. The molecule has 1 amide bonds. The van der Waals surface area contributed by atoms with Crippen molar-refractivity contribution < 1.29 is 9.53 Å². The molecule has 9 nitrogen and oxygen atoms in total. The third kappa shape index (κ3) is 2.65. The van der Waals surface area contributed by atoms with Crippen LogP contribution in [0.3, 0.4) is 0 Å². The van der Waals surface area contributed by atoms with E-state index in [0.717, 1.165) is 30.0 Å². The van der Waals surface area contributed by atoms with E-state index in [0.29, 0.717) is 49.3 Å². The molecule has 30 heavy (non-hydrogen) atoms. The van der Waals surface area contributed by atoms with E-state index in [1.54, 1.807) is 19.4 Å². The standard InChI is InChI=1S/C21H22N6O3/c1-24-21(29)26-3-2-15(10-18(26)23-24)27-12-14-9-16(14)17-8-13(11-22-19(17)27)20(28)25-4-6-30-7-5-25/h2-3,8,10-11,14,16H,4-7,9,12H2,1H3. The number of morpholine rings is 1. The Hall–Kier alpha value is -3.20. The van der Waals surface area contributed by atoms with Gasteiger partial charge < -0.3 is 14.5 Å². The van der Waals surface area contributed by atoms with Gasteiger partial charge >= 0.3 is 5.69 Å². The Balaban J connectivity index is 1.37. The SMILES string of the molecule is Cn1nc2cc(N3CC4CC4c4cc(C(=O)N5CCOCC5)cnc43)ccn2c1=O. The van der Waals surface area contributed by atoms with Crippen molar-refractivity contribution in [3.63, 3.8) is 0 Å². The van der Waals surface area contributed by atoms with Gasteiger partial charge in [-0.25, -0.2) is 14.5 Å². The second-order valence-corrected chi connectivity index (χ2v) is 8.27. The topological polar surface area (TPSA) is 85.0 Å². The van der Waals surface area contributed by atoms with E-state index in [2.05, 4.69) is 10.00 Å². The average molecular weight is 406 g/mol. The van der Waals surface area contributed by atoms with E-state index >= 15 is 0 Å². The van der Waals surface area contributed by atoms with Crippen molar-refractivity contribution in [2.24, 2.45) is 13.0 Å². The van der Waals surface area contributed by atoms with Crippen LogP contribution >= 0.6 is 0 Å². The van der Waals surface area contributed by atoms with Crippen molar-refractivity contribution in [3.8, 4) is 0 Å². The van der Waals surface area contributed by atoms with Crippen molar-refractivity contribution in [1.29, 1.82) is 0 Å². The van der Waals surface area contributed by atoms with Crippen LogP contribution in [0.15, 0.2) is 35.4 Å². The Morgan fingerprint density at radius 2 is 2.07 bits per heavy atom. The third-order valence-corrected chi connectivity index (χ3v) is 6.40. The lowest BCUT2D eigenvalue weighted by Crippen LogP contribution is -2.40. The van der Waals surface area contributed by atoms with Crippen molar-refractivity contribution in [2.45, 2.75) is 12.3 Å². The zero-order chi connectivity index (χ0) is 20.4. The quantitative estimate of drug-likeness (QED) is 0.635. The van der Waals surface area contributed by atoms with Gasteiger partial charge in [-0.1, -0.05) is 0 Å². The molecule has 6 rings (SSSR count). The van der Waals surface area contributed by atoms with Crippen molar-refractivity contribution in [1.82, 2.24) is 24.1 Å². The number of fused-ring (bicyclic) bond motifs is 4. The minimum absolute atomic E-state index is 0.0252. The molecule has 9 heteroatoms. The van der Waals surface area contributed by atoms with Gasteiger partial charge in [-0.2, -0.15) is 5.10 Å². The maximum absolute atomic E-state index is 12.9. The van der Waals surface area contributed by atoms with Crippen LogP contribution in [0, 0.1) is 5.92 Å². The predicted octanol–water partition coefficient (Wildman–Crippen LogP) is 1.16. The molecule has 2 aliphatic heterocycles. The fourth-order valence-electron chi connectivity index (χ4n) is 4.65. The van der Waals surface area contributed by atoms with Crippen molar-refractivity contribution in [2.75, 3.05) is 37.7 Å². The molecule has 1 saturated carbocycles. The molecule has 3 aliphatic rings. The van der Waals surface area contributed by atoms with Gasteiger partial charge in [0.05, 0.1) is 18.8 Å². The smallest absolute Gasteiger partial charge is 0.350 e. The Bertz CT molecular complexity index is 1230.